The van der Waals surface area contributed by atoms with Crippen molar-refractivity contribution in [3.8, 4) is 0 Å². The van der Waals surface area contributed by atoms with Gasteiger partial charge in [0.15, 0.2) is 5.16 Å². The first-order chi connectivity index (χ1) is 7.79. The average Bonchev–Trinajstić information content (AvgIpc) is 2.33. The second-order valence-electron chi connectivity index (χ2n) is 2.97. The van der Waals surface area contributed by atoms with Gasteiger partial charge in [-0.05, 0) is 39.8 Å². The van der Waals surface area contributed by atoms with Gasteiger partial charge in [0, 0.05) is 30.7 Å². The van der Waals surface area contributed by atoms with Crippen LogP contribution in [0.15, 0.2) is 45.4 Å². The molecule has 2 aromatic heterocycles. The van der Waals surface area contributed by atoms with Crippen LogP contribution >= 0.6 is 27.7 Å². The molecule has 0 aliphatic rings. The molecule has 2 heterocycles. The Bertz CT molecular complexity index is 475. The number of halogens is 1. The predicted molar refractivity (Wildman–Crippen MR) is 66.0 cm³/mol. The number of rotatable bonds is 3. The molecule has 0 saturated carbocycles. The third-order valence-corrected chi connectivity index (χ3v) is 3.64. The van der Waals surface area contributed by atoms with E-state index in [9.17, 15) is 0 Å². The first-order valence-electron chi connectivity index (χ1n) is 4.59. The van der Waals surface area contributed by atoms with Gasteiger partial charge in [0.2, 0.25) is 0 Å². The molecule has 0 fully saturated rings. The van der Waals surface area contributed by atoms with E-state index in [-0.39, 0.29) is 0 Å². The normalized spacial score (nSPS) is 10.4. The molecule has 0 spiro atoms. The minimum atomic E-state index is 0.457. The third kappa shape index (κ3) is 2.78. The van der Waals surface area contributed by atoms with E-state index in [0.717, 1.165) is 15.1 Å². The Labute approximate surface area is 106 Å². The molecule has 0 saturated heterocycles. The summed E-state index contributed by atoms with van der Waals surface area (Å²) in [5.41, 5.74) is 6.39. The molecule has 0 unspecified atom stereocenters. The Hall–Kier alpha value is -0.980. The van der Waals surface area contributed by atoms with Gasteiger partial charge in [-0.15, -0.1) is 0 Å². The summed E-state index contributed by atoms with van der Waals surface area (Å²) in [4.78, 5) is 12.6. The lowest BCUT2D eigenvalue weighted by Gasteiger charge is -2.01. The smallest absolute Gasteiger partial charge is 0.193 e. The molecule has 82 valence electrons. The van der Waals surface area contributed by atoms with E-state index >= 15 is 0 Å². The predicted octanol–water partition coefficient (Wildman–Crippen LogP) is 2.24. The van der Waals surface area contributed by atoms with Crippen LogP contribution in [-0.4, -0.2) is 15.0 Å². The largest absolute Gasteiger partial charge is 0.326 e. The topological polar surface area (TPSA) is 64.7 Å². The van der Waals surface area contributed by atoms with E-state index < -0.39 is 0 Å². The van der Waals surface area contributed by atoms with Crippen molar-refractivity contribution in [2.45, 2.75) is 16.7 Å². The molecule has 0 bridgehead atoms. The summed E-state index contributed by atoms with van der Waals surface area (Å²) < 4.78 is 0.937. The van der Waals surface area contributed by atoms with Crippen molar-refractivity contribution in [2.24, 2.45) is 5.73 Å². The molecule has 0 aliphatic carbocycles. The molecule has 2 N–H and O–H groups in total. The summed E-state index contributed by atoms with van der Waals surface area (Å²) in [5, 5.41) is 1.51. The summed E-state index contributed by atoms with van der Waals surface area (Å²) in [6.07, 6.45) is 5.19. The molecule has 2 rings (SSSR count). The van der Waals surface area contributed by atoms with Gasteiger partial charge < -0.3 is 5.73 Å². The third-order valence-electron chi connectivity index (χ3n) is 1.83. The van der Waals surface area contributed by atoms with Crippen molar-refractivity contribution in [1.29, 1.82) is 0 Å². The van der Waals surface area contributed by atoms with Crippen LogP contribution in [0.1, 0.15) is 5.56 Å². The Morgan fingerprint density at radius 3 is 2.62 bits per heavy atom. The highest BCUT2D eigenvalue weighted by Gasteiger charge is 2.05. The van der Waals surface area contributed by atoms with Gasteiger partial charge >= 0.3 is 0 Å². The maximum Gasteiger partial charge on any atom is 0.193 e. The molecule has 6 heteroatoms. The van der Waals surface area contributed by atoms with Crippen molar-refractivity contribution in [3.63, 3.8) is 0 Å². The Morgan fingerprint density at radius 2 is 2.00 bits per heavy atom. The average molecular weight is 297 g/mol. The molecule has 4 nitrogen and oxygen atoms in total. The summed E-state index contributed by atoms with van der Waals surface area (Å²) >= 11 is 4.84. The van der Waals surface area contributed by atoms with Crippen LogP contribution in [0.5, 0.6) is 0 Å². The first kappa shape index (κ1) is 11.5. The van der Waals surface area contributed by atoms with Crippen LogP contribution in [0.3, 0.4) is 0 Å². The minimum Gasteiger partial charge on any atom is -0.326 e. The van der Waals surface area contributed by atoms with Gasteiger partial charge in [-0.3, -0.25) is 0 Å². The summed E-state index contributed by atoms with van der Waals surface area (Å²) in [5.74, 6) is 0. The van der Waals surface area contributed by atoms with E-state index in [1.807, 2.05) is 12.1 Å². The Balaban J connectivity index is 2.18. The quantitative estimate of drug-likeness (QED) is 0.880. The van der Waals surface area contributed by atoms with Crippen molar-refractivity contribution in [1.82, 2.24) is 15.0 Å². The number of nitrogens with zero attached hydrogens (tertiary/aromatic N) is 3. The summed E-state index contributed by atoms with van der Waals surface area (Å²) in [6, 6.07) is 3.80. The zero-order valence-corrected chi connectivity index (χ0v) is 10.7. The van der Waals surface area contributed by atoms with E-state index in [2.05, 4.69) is 30.9 Å². The molecule has 0 aliphatic heterocycles. The molecular weight excluding hydrogens is 288 g/mol. The van der Waals surface area contributed by atoms with Crippen molar-refractivity contribution >= 4 is 27.7 Å². The van der Waals surface area contributed by atoms with Crippen molar-refractivity contribution in [3.05, 3.63) is 40.8 Å². The zero-order chi connectivity index (χ0) is 11.4. The number of hydrogen-bond donors (Lipinski definition) is 1. The lowest BCUT2D eigenvalue weighted by atomic mass is 10.4. The monoisotopic (exact) mass is 296 g/mol. The number of hydrogen-bond acceptors (Lipinski definition) is 5. The van der Waals surface area contributed by atoms with Crippen molar-refractivity contribution < 1.29 is 0 Å². The van der Waals surface area contributed by atoms with Crippen LogP contribution < -0.4 is 5.73 Å². The first-order valence-corrected chi connectivity index (χ1v) is 6.20. The van der Waals surface area contributed by atoms with E-state index in [4.69, 9.17) is 5.73 Å². The van der Waals surface area contributed by atoms with Gasteiger partial charge in [-0.25, -0.2) is 15.0 Å². The summed E-state index contributed by atoms with van der Waals surface area (Å²) in [6.45, 7) is 0.457. The zero-order valence-electron chi connectivity index (χ0n) is 8.30. The van der Waals surface area contributed by atoms with Gasteiger partial charge in [0.25, 0.3) is 0 Å². The Morgan fingerprint density at radius 1 is 1.25 bits per heavy atom. The van der Waals surface area contributed by atoms with Gasteiger partial charge in [0.05, 0.1) is 4.47 Å². The molecule has 0 amide bonds. The molecule has 0 radical (unpaired) electrons. The van der Waals surface area contributed by atoms with Crippen LogP contribution in [0.4, 0.5) is 0 Å². The van der Waals surface area contributed by atoms with Crippen LogP contribution in [-0.2, 0) is 6.54 Å². The maximum absolute atomic E-state index is 5.47. The number of pyridine rings is 1. The fourth-order valence-corrected chi connectivity index (χ4v) is 2.19. The van der Waals surface area contributed by atoms with E-state index in [1.54, 1.807) is 18.6 Å². The highest BCUT2D eigenvalue weighted by Crippen LogP contribution is 2.28. The minimum absolute atomic E-state index is 0.457. The SMILES string of the molecule is NCc1cnc(Sc2ncccc2Br)nc1. The maximum atomic E-state index is 5.47. The molecule has 0 aromatic carbocycles. The lowest BCUT2D eigenvalue weighted by Crippen LogP contribution is -1.98. The van der Waals surface area contributed by atoms with Crippen molar-refractivity contribution in [2.75, 3.05) is 0 Å². The highest BCUT2D eigenvalue weighted by atomic mass is 79.9. The molecule has 2 aromatic rings. The second kappa shape index (κ2) is 5.38. The molecule has 0 atom stereocenters. The number of aromatic nitrogens is 3. The molecule has 16 heavy (non-hydrogen) atoms. The Kier molecular flexibility index (Phi) is 3.87. The van der Waals surface area contributed by atoms with Gasteiger partial charge in [-0.1, -0.05) is 0 Å². The van der Waals surface area contributed by atoms with E-state index in [1.165, 1.54) is 11.8 Å². The lowest BCUT2D eigenvalue weighted by molar-refractivity contribution is 0.910. The fraction of sp³-hybridized carbons (Fsp3) is 0.100. The van der Waals surface area contributed by atoms with Gasteiger partial charge in [0.1, 0.15) is 5.03 Å². The molecular formula is C10H9BrN4S. The van der Waals surface area contributed by atoms with Crippen LogP contribution in [0.25, 0.3) is 0 Å². The standard InChI is InChI=1S/C10H9BrN4S/c11-8-2-1-3-13-9(8)16-10-14-5-7(4-12)6-15-10/h1-3,5-6H,4,12H2. The van der Waals surface area contributed by atoms with Crippen LogP contribution in [0.2, 0.25) is 0 Å². The number of nitrogens with two attached hydrogens (primary N) is 1. The summed E-state index contributed by atoms with van der Waals surface area (Å²) in [7, 11) is 0. The fourth-order valence-electron chi connectivity index (χ4n) is 1.03. The van der Waals surface area contributed by atoms with Gasteiger partial charge in [-0.2, -0.15) is 0 Å². The van der Waals surface area contributed by atoms with Crippen LogP contribution in [0, 0.1) is 0 Å². The highest BCUT2D eigenvalue weighted by molar-refractivity contribution is 9.10. The second-order valence-corrected chi connectivity index (χ2v) is 4.78. The van der Waals surface area contributed by atoms with E-state index in [0.29, 0.717) is 11.7 Å².